The van der Waals surface area contributed by atoms with E-state index >= 15 is 0 Å². The number of carbonyl (C=O) groups excluding carboxylic acids is 2. The van der Waals surface area contributed by atoms with Gasteiger partial charge in [0.1, 0.15) is 5.75 Å². The minimum Gasteiger partial charge on any atom is -0.496 e. The quantitative estimate of drug-likeness (QED) is 0.672. The van der Waals surface area contributed by atoms with Crippen LogP contribution in [0.3, 0.4) is 0 Å². The third-order valence-electron chi connectivity index (χ3n) is 4.97. The van der Waals surface area contributed by atoms with Crippen LogP contribution in [0.2, 0.25) is 0 Å². The van der Waals surface area contributed by atoms with Crippen LogP contribution in [-0.2, 0) is 22.4 Å². The van der Waals surface area contributed by atoms with Gasteiger partial charge < -0.3 is 14.8 Å². The van der Waals surface area contributed by atoms with Crippen LogP contribution in [0.5, 0.6) is 5.75 Å². The van der Waals surface area contributed by atoms with E-state index in [-0.39, 0.29) is 5.91 Å². The third-order valence-corrected chi connectivity index (χ3v) is 4.97. The Morgan fingerprint density at radius 1 is 1.07 bits per heavy atom. The van der Waals surface area contributed by atoms with Crippen molar-refractivity contribution in [3.63, 3.8) is 0 Å². The standard InChI is InChI=1S/C24H21NO4/c1-28-21-12-11-19(14-18(21)13-16-7-3-2-4-8-16)25-23(26)22-15-17-9-5-6-10-20(17)24(27)29-22/h2-12,14,22H,13,15H2,1H3,(H,25,26)/t22-/m1/s1. The maximum absolute atomic E-state index is 12.7. The smallest absolute Gasteiger partial charge is 0.339 e. The normalized spacial score (nSPS) is 15.2. The van der Waals surface area contributed by atoms with Crippen molar-refractivity contribution in [2.24, 2.45) is 0 Å². The Balaban J connectivity index is 1.51. The lowest BCUT2D eigenvalue weighted by Gasteiger charge is -2.24. The van der Waals surface area contributed by atoms with Crippen molar-refractivity contribution in [3.8, 4) is 5.75 Å². The van der Waals surface area contributed by atoms with Crippen LogP contribution in [0.25, 0.3) is 0 Å². The largest absolute Gasteiger partial charge is 0.496 e. The summed E-state index contributed by atoms with van der Waals surface area (Å²) in [6.45, 7) is 0. The number of benzene rings is 3. The fourth-order valence-electron chi connectivity index (χ4n) is 3.51. The summed E-state index contributed by atoms with van der Waals surface area (Å²) < 4.78 is 10.8. The lowest BCUT2D eigenvalue weighted by atomic mass is 9.98. The predicted molar refractivity (Wildman–Crippen MR) is 110 cm³/mol. The summed E-state index contributed by atoms with van der Waals surface area (Å²) in [4.78, 5) is 24.9. The number of methoxy groups -OCH3 is 1. The van der Waals surface area contributed by atoms with E-state index in [4.69, 9.17) is 9.47 Å². The molecular weight excluding hydrogens is 366 g/mol. The number of anilines is 1. The van der Waals surface area contributed by atoms with Gasteiger partial charge in [-0.2, -0.15) is 0 Å². The van der Waals surface area contributed by atoms with E-state index in [0.717, 1.165) is 22.4 Å². The summed E-state index contributed by atoms with van der Waals surface area (Å²) in [5.74, 6) is -0.0555. The Morgan fingerprint density at radius 2 is 1.83 bits per heavy atom. The zero-order valence-electron chi connectivity index (χ0n) is 16.1. The van der Waals surface area contributed by atoms with Crippen LogP contribution in [0.4, 0.5) is 5.69 Å². The molecule has 29 heavy (non-hydrogen) atoms. The molecule has 0 bridgehead atoms. The van der Waals surface area contributed by atoms with E-state index in [1.165, 1.54) is 0 Å². The molecule has 5 nitrogen and oxygen atoms in total. The van der Waals surface area contributed by atoms with Crippen LogP contribution < -0.4 is 10.1 Å². The Labute approximate surface area is 169 Å². The van der Waals surface area contributed by atoms with Crippen molar-refractivity contribution in [2.75, 3.05) is 12.4 Å². The van der Waals surface area contributed by atoms with Crippen molar-refractivity contribution < 1.29 is 19.1 Å². The minimum atomic E-state index is -0.850. The first-order chi connectivity index (χ1) is 14.1. The van der Waals surface area contributed by atoms with Gasteiger partial charge in [0, 0.05) is 24.1 Å². The number of esters is 1. The van der Waals surface area contributed by atoms with Gasteiger partial charge in [0.25, 0.3) is 5.91 Å². The molecule has 5 heteroatoms. The predicted octanol–water partition coefficient (Wildman–Crippen LogP) is 4.01. The minimum absolute atomic E-state index is 0.344. The SMILES string of the molecule is COc1ccc(NC(=O)[C@H]2Cc3ccccc3C(=O)O2)cc1Cc1ccccc1. The Kier molecular flexibility index (Phi) is 5.29. The zero-order valence-corrected chi connectivity index (χ0v) is 16.1. The average Bonchev–Trinajstić information content (AvgIpc) is 2.75. The fraction of sp³-hybridized carbons (Fsp3) is 0.167. The first kappa shape index (κ1) is 18.7. The Morgan fingerprint density at radius 3 is 2.62 bits per heavy atom. The maximum atomic E-state index is 12.7. The highest BCUT2D eigenvalue weighted by Crippen LogP contribution is 2.26. The molecule has 0 fully saturated rings. The number of carbonyl (C=O) groups is 2. The lowest BCUT2D eigenvalue weighted by molar-refractivity contribution is -0.125. The second kappa shape index (κ2) is 8.19. The maximum Gasteiger partial charge on any atom is 0.339 e. The van der Waals surface area contributed by atoms with Crippen molar-refractivity contribution in [2.45, 2.75) is 18.9 Å². The molecule has 1 aliphatic rings. The van der Waals surface area contributed by atoms with Crippen LogP contribution >= 0.6 is 0 Å². The average molecular weight is 387 g/mol. The van der Waals surface area contributed by atoms with Gasteiger partial charge in [-0.3, -0.25) is 4.79 Å². The van der Waals surface area contributed by atoms with Gasteiger partial charge in [0.2, 0.25) is 0 Å². The number of cyclic esters (lactones) is 1. The van der Waals surface area contributed by atoms with Crippen LogP contribution in [0, 0.1) is 0 Å². The van der Waals surface area contributed by atoms with Gasteiger partial charge in [-0.15, -0.1) is 0 Å². The molecule has 4 rings (SSSR count). The van der Waals surface area contributed by atoms with Crippen molar-refractivity contribution in [1.82, 2.24) is 0 Å². The molecule has 0 saturated heterocycles. The number of rotatable bonds is 5. The third kappa shape index (κ3) is 4.14. The highest BCUT2D eigenvalue weighted by Gasteiger charge is 2.31. The van der Waals surface area contributed by atoms with Crippen molar-refractivity contribution in [3.05, 3.63) is 95.1 Å². The molecule has 0 radical (unpaired) electrons. The summed E-state index contributed by atoms with van der Waals surface area (Å²) in [6, 6.07) is 22.7. The van der Waals surface area contributed by atoms with Crippen molar-refractivity contribution >= 4 is 17.6 Å². The molecule has 1 aliphatic heterocycles. The fourth-order valence-corrected chi connectivity index (χ4v) is 3.51. The number of ether oxygens (including phenoxy) is 2. The molecule has 0 aliphatic carbocycles. The molecule has 3 aromatic rings. The number of nitrogens with one attached hydrogen (secondary N) is 1. The van der Waals surface area contributed by atoms with Crippen molar-refractivity contribution in [1.29, 1.82) is 0 Å². The monoisotopic (exact) mass is 387 g/mol. The molecule has 1 atom stereocenters. The first-order valence-corrected chi connectivity index (χ1v) is 9.44. The van der Waals surface area contributed by atoms with E-state index in [9.17, 15) is 9.59 Å². The zero-order chi connectivity index (χ0) is 20.2. The molecule has 0 saturated carbocycles. The highest BCUT2D eigenvalue weighted by molar-refractivity contribution is 6.00. The van der Waals surface area contributed by atoms with E-state index < -0.39 is 12.1 Å². The topological polar surface area (TPSA) is 64.6 Å². The van der Waals surface area contributed by atoms with Crippen LogP contribution in [-0.4, -0.2) is 25.1 Å². The Hall–Kier alpha value is -3.60. The summed E-state index contributed by atoms with van der Waals surface area (Å²) in [5, 5.41) is 2.87. The van der Waals surface area contributed by atoms with E-state index in [2.05, 4.69) is 5.32 Å². The molecule has 1 N–H and O–H groups in total. The number of hydrogen-bond acceptors (Lipinski definition) is 4. The van der Waals surface area contributed by atoms with Gasteiger partial charge in [-0.1, -0.05) is 48.5 Å². The Bertz CT molecular complexity index is 1050. The van der Waals surface area contributed by atoms with Gasteiger partial charge in [0.05, 0.1) is 12.7 Å². The second-order valence-corrected chi connectivity index (χ2v) is 6.93. The molecule has 1 heterocycles. The van der Waals surface area contributed by atoms with Crippen LogP contribution in [0.1, 0.15) is 27.0 Å². The molecule has 0 unspecified atom stereocenters. The number of amides is 1. The lowest BCUT2D eigenvalue weighted by Crippen LogP contribution is -2.37. The molecule has 3 aromatic carbocycles. The molecule has 146 valence electrons. The van der Waals surface area contributed by atoms with E-state index in [0.29, 0.717) is 24.1 Å². The number of hydrogen-bond donors (Lipinski definition) is 1. The molecule has 0 aromatic heterocycles. The molecule has 1 amide bonds. The first-order valence-electron chi connectivity index (χ1n) is 9.44. The van der Waals surface area contributed by atoms with Gasteiger partial charge in [0.15, 0.2) is 6.10 Å². The summed E-state index contributed by atoms with van der Waals surface area (Å²) in [5.41, 5.74) is 4.08. The highest BCUT2D eigenvalue weighted by atomic mass is 16.5. The molecule has 0 spiro atoms. The van der Waals surface area contributed by atoms with Gasteiger partial charge in [-0.25, -0.2) is 4.79 Å². The van der Waals surface area contributed by atoms with E-state index in [1.807, 2.05) is 54.6 Å². The van der Waals surface area contributed by atoms with Gasteiger partial charge >= 0.3 is 5.97 Å². The summed E-state index contributed by atoms with van der Waals surface area (Å²) >= 11 is 0. The van der Waals surface area contributed by atoms with Crippen LogP contribution in [0.15, 0.2) is 72.8 Å². The van der Waals surface area contributed by atoms with E-state index in [1.54, 1.807) is 25.3 Å². The summed E-state index contributed by atoms with van der Waals surface area (Å²) in [7, 11) is 1.63. The molecular formula is C24H21NO4. The summed E-state index contributed by atoms with van der Waals surface area (Å²) in [6.07, 6.45) is 0.192. The number of fused-ring (bicyclic) bond motifs is 1. The second-order valence-electron chi connectivity index (χ2n) is 6.93. The van der Waals surface area contributed by atoms with Gasteiger partial charge in [-0.05, 0) is 35.4 Å².